The first-order chi connectivity index (χ1) is 14.0. The highest BCUT2D eigenvalue weighted by Gasteiger charge is 2.69. The molecule has 1 atom stereocenters. The molecule has 1 aromatic rings. The lowest BCUT2D eigenvalue weighted by atomic mass is 9.86. The maximum Gasteiger partial charge on any atom is 0.440 e. The van der Waals surface area contributed by atoms with E-state index >= 15 is 0 Å². The van der Waals surface area contributed by atoms with E-state index in [1.54, 1.807) is 30.5 Å². The zero-order valence-corrected chi connectivity index (χ0v) is 17.1. The summed E-state index contributed by atoms with van der Waals surface area (Å²) in [6.45, 7) is 3.53. The van der Waals surface area contributed by atoms with Crippen molar-refractivity contribution in [1.29, 1.82) is 0 Å². The first-order valence-corrected chi connectivity index (χ1v) is 10.2. The van der Waals surface area contributed by atoms with E-state index in [4.69, 9.17) is 0 Å². The zero-order chi connectivity index (χ0) is 22.1. The Hall–Kier alpha value is -2.58. The second-order valence-corrected chi connectivity index (χ2v) is 8.18. The highest BCUT2D eigenvalue weighted by Crippen LogP contribution is 2.36. The molecule has 30 heavy (non-hydrogen) atoms. The normalized spacial score (nSPS) is 22.9. The molecular weight excluding hydrogens is 399 g/mol. The van der Waals surface area contributed by atoms with Crippen LogP contribution in [0.1, 0.15) is 56.1 Å². The number of benzene rings is 1. The summed E-state index contributed by atoms with van der Waals surface area (Å²) in [5.74, 6) is -2.17. The lowest BCUT2D eigenvalue weighted by Gasteiger charge is -2.30. The Morgan fingerprint density at radius 1 is 1.17 bits per heavy atom. The van der Waals surface area contributed by atoms with Gasteiger partial charge in [-0.2, -0.15) is 13.2 Å². The Labute approximate surface area is 173 Å². The summed E-state index contributed by atoms with van der Waals surface area (Å²) >= 11 is 0. The molecule has 2 fully saturated rings. The lowest BCUT2D eigenvalue weighted by molar-refractivity contribution is -0.201. The highest BCUT2D eigenvalue weighted by molar-refractivity contribution is 6.24. The van der Waals surface area contributed by atoms with Crippen molar-refractivity contribution >= 4 is 23.5 Å². The quantitative estimate of drug-likeness (QED) is 0.698. The molecule has 1 saturated heterocycles. The topological polar surface area (TPSA) is 78.5 Å². The third kappa shape index (κ3) is 4.15. The summed E-state index contributed by atoms with van der Waals surface area (Å²) in [5.41, 5.74) is -1.87. The number of aryl methyl sites for hydroxylation is 2. The minimum Gasteiger partial charge on any atom is -0.318 e. The number of carbonyl (C=O) groups excluding carboxylic acids is 3. The highest BCUT2D eigenvalue weighted by atomic mass is 19.4. The van der Waals surface area contributed by atoms with Crippen LogP contribution in [0, 0.1) is 19.8 Å². The number of nitrogens with zero attached hydrogens (tertiary/aromatic N) is 1. The van der Waals surface area contributed by atoms with E-state index < -0.39 is 29.7 Å². The summed E-state index contributed by atoms with van der Waals surface area (Å²) < 4.78 is 41.9. The second-order valence-electron chi connectivity index (χ2n) is 8.18. The number of rotatable bonds is 5. The molecule has 6 nitrogen and oxygen atoms in total. The van der Waals surface area contributed by atoms with Crippen LogP contribution in [0.15, 0.2) is 18.2 Å². The van der Waals surface area contributed by atoms with Gasteiger partial charge in [-0.05, 0) is 49.4 Å². The van der Waals surface area contributed by atoms with Crippen molar-refractivity contribution in [3.05, 3.63) is 29.3 Å². The van der Waals surface area contributed by atoms with Gasteiger partial charge in [-0.25, -0.2) is 9.69 Å². The molecule has 2 aliphatic rings. The molecule has 1 saturated carbocycles. The van der Waals surface area contributed by atoms with Crippen molar-refractivity contribution in [3.63, 3.8) is 0 Å². The first kappa shape index (κ1) is 22.1. The van der Waals surface area contributed by atoms with E-state index in [1.165, 1.54) is 12.1 Å². The number of amides is 4. The third-order valence-electron chi connectivity index (χ3n) is 6.03. The summed E-state index contributed by atoms with van der Waals surface area (Å²) in [6, 6.07) is 3.25. The molecule has 4 amide bonds. The van der Waals surface area contributed by atoms with Crippen molar-refractivity contribution in [2.45, 2.75) is 70.6 Å². The molecule has 2 N–H and O–H groups in total. The number of halogens is 3. The fourth-order valence-electron chi connectivity index (χ4n) is 4.06. The molecule has 0 aromatic heterocycles. The van der Waals surface area contributed by atoms with Gasteiger partial charge in [0.25, 0.3) is 11.6 Å². The van der Waals surface area contributed by atoms with Crippen LogP contribution in [0.5, 0.6) is 0 Å². The molecule has 1 aromatic carbocycles. The van der Waals surface area contributed by atoms with Crippen molar-refractivity contribution < 1.29 is 27.6 Å². The molecule has 1 aliphatic carbocycles. The van der Waals surface area contributed by atoms with E-state index in [-0.39, 0.29) is 12.1 Å². The summed E-state index contributed by atoms with van der Waals surface area (Å²) in [4.78, 5) is 38.0. The van der Waals surface area contributed by atoms with Gasteiger partial charge in [0.05, 0.1) is 5.69 Å². The number of urea groups is 1. The molecule has 0 unspecified atom stereocenters. The predicted molar refractivity (Wildman–Crippen MR) is 105 cm³/mol. The number of imide groups is 1. The van der Waals surface area contributed by atoms with Crippen molar-refractivity contribution in [3.8, 4) is 0 Å². The summed E-state index contributed by atoms with van der Waals surface area (Å²) in [6.07, 6.45) is 0.278. The lowest BCUT2D eigenvalue weighted by Crippen LogP contribution is -2.69. The minimum atomic E-state index is -5.20. The van der Waals surface area contributed by atoms with Gasteiger partial charge < -0.3 is 5.32 Å². The number of alkyl halides is 3. The molecule has 0 radical (unpaired) electrons. The van der Waals surface area contributed by atoms with E-state index in [2.05, 4.69) is 0 Å². The van der Waals surface area contributed by atoms with Crippen molar-refractivity contribution in [2.24, 2.45) is 5.92 Å². The monoisotopic (exact) mass is 425 g/mol. The largest absolute Gasteiger partial charge is 0.440 e. The Morgan fingerprint density at radius 2 is 1.83 bits per heavy atom. The molecule has 1 heterocycles. The van der Waals surface area contributed by atoms with Gasteiger partial charge in [-0.1, -0.05) is 38.2 Å². The number of anilines is 1. The summed E-state index contributed by atoms with van der Waals surface area (Å²) in [7, 11) is 0. The Bertz CT molecular complexity index is 850. The van der Waals surface area contributed by atoms with Crippen molar-refractivity contribution in [2.75, 3.05) is 4.90 Å². The number of nitrogens with one attached hydrogen (secondary N) is 2. The Kier molecular flexibility index (Phi) is 6.10. The van der Waals surface area contributed by atoms with E-state index in [9.17, 15) is 27.6 Å². The van der Waals surface area contributed by atoms with Crippen LogP contribution >= 0.6 is 0 Å². The number of carbonyl (C=O) groups is 3. The molecule has 3 rings (SSSR count). The van der Waals surface area contributed by atoms with Crippen LogP contribution in [-0.4, -0.2) is 29.7 Å². The molecular formula is C21H26F3N3O3. The maximum atomic E-state index is 14.0. The van der Waals surface area contributed by atoms with Gasteiger partial charge in [-0.15, -0.1) is 0 Å². The van der Waals surface area contributed by atoms with Gasteiger partial charge in [-0.3, -0.25) is 14.9 Å². The second kappa shape index (κ2) is 8.28. The minimum absolute atomic E-state index is 0.0168. The van der Waals surface area contributed by atoms with E-state index in [0.717, 1.165) is 37.7 Å². The smallest absolute Gasteiger partial charge is 0.318 e. The number of hydrogen-bond acceptors (Lipinski definition) is 3. The molecule has 0 bridgehead atoms. The van der Waals surface area contributed by atoms with Gasteiger partial charge >= 0.3 is 12.2 Å². The maximum absolute atomic E-state index is 14.0. The van der Waals surface area contributed by atoms with E-state index in [1.807, 2.05) is 0 Å². The third-order valence-corrected chi connectivity index (χ3v) is 6.03. The molecule has 1 aliphatic heterocycles. The van der Waals surface area contributed by atoms with Gasteiger partial charge in [0.1, 0.15) is 0 Å². The summed E-state index contributed by atoms with van der Waals surface area (Å²) in [5, 5.41) is 3.48. The van der Waals surface area contributed by atoms with Crippen LogP contribution < -0.4 is 15.5 Å². The number of hydrogen-bond donors (Lipinski definition) is 2. The standard InChI is InChI=1S/C21H26F3N3O3/c1-13-8-10-16(12-14(13)2)27-18(29)20(21(22,23)24,26-19(27)30)25-17(28)11-9-15-6-4-3-5-7-15/h8,10,12,15H,3-7,9,11H2,1-2H3,(H,25,28)(H,26,30)/t20-/m0/s1. The fraction of sp³-hybridized carbons (Fsp3) is 0.571. The van der Waals surface area contributed by atoms with Crippen LogP contribution in [0.3, 0.4) is 0 Å². The van der Waals surface area contributed by atoms with Crippen molar-refractivity contribution in [1.82, 2.24) is 10.6 Å². The van der Waals surface area contributed by atoms with Crippen LogP contribution in [0.2, 0.25) is 0 Å². The average molecular weight is 425 g/mol. The predicted octanol–water partition coefficient (Wildman–Crippen LogP) is 4.09. The average Bonchev–Trinajstić information content (AvgIpc) is 2.94. The Balaban J connectivity index is 1.80. The molecule has 164 valence electrons. The molecule has 9 heteroatoms. The van der Waals surface area contributed by atoms with Crippen LogP contribution in [0.4, 0.5) is 23.7 Å². The first-order valence-electron chi connectivity index (χ1n) is 10.2. The van der Waals surface area contributed by atoms with Crippen LogP contribution in [0.25, 0.3) is 0 Å². The van der Waals surface area contributed by atoms with Crippen LogP contribution in [-0.2, 0) is 9.59 Å². The van der Waals surface area contributed by atoms with Gasteiger partial charge in [0.2, 0.25) is 5.91 Å². The fourth-order valence-corrected chi connectivity index (χ4v) is 4.06. The SMILES string of the molecule is Cc1ccc(N2C(=O)N[C@](NC(=O)CCC3CCCCC3)(C(F)(F)F)C2=O)cc1C. The molecule has 0 spiro atoms. The van der Waals surface area contributed by atoms with Gasteiger partial charge in [0.15, 0.2) is 0 Å². The Morgan fingerprint density at radius 3 is 2.43 bits per heavy atom. The van der Waals surface area contributed by atoms with Gasteiger partial charge in [0, 0.05) is 6.42 Å². The zero-order valence-electron chi connectivity index (χ0n) is 17.1. The van der Waals surface area contributed by atoms with E-state index in [0.29, 0.717) is 22.8 Å².